The molecule has 0 aliphatic rings. The molecule has 0 aromatic heterocycles. The van der Waals surface area contributed by atoms with E-state index in [-0.39, 0.29) is 23.9 Å². The molecule has 0 saturated carbocycles. The van der Waals surface area contributed by atoms with Gasteiger partial charge in [-0.3, -0.25) is 4.79 Å². The molecule has 1 rings (SSSR count). The zero-order valence-electron chi connectivity index (χ0n) is 11.8. The summed E-state index contributed by atoms with van der Waals surface area (Å²) in [6.07, 6.45) is 0. The monoisotopic (exact) mass is 300 g/mol. The van der Waals surface area contributed by atoms with Crippen LogP contribution in [0.4, 0.5) is 5.69 Å². The molecule has 0 fully saturated rings. The van der Waals surface area contributed by atoms with Gasteiger partial charge in [0.05, 0.1) is 11.4 Å². The minimum Gasteiger partial charge on any atom is -0.366 e. The lowest BCUT2D eigenvalue weighted by atomic mass is 10.2. The Hall–Kier alpha value is -1.44. The molecule has 0 atom stereocenters. The lowest BCUT2D eigenvalue weighted by Crippen LogP contribution is -2.27. The van der Waals surface area contributed by atoms with E-state index >= 15 is 0 Å². The molecule has 0 aliphatic heterocycles. The number of hydrogen-bond acceptors (Lipinski definition) is 4. The third-order valence-electron chi connectivity index (χ3n) is 2.24. The fourth-order valence-electron chi connectivity index (χ4n) is 1.40. The van der Waals surface area contributed by atoms with E-state index in [1.165, 1.54) is 0 Å². The Bertz CT molecular complexity index is 559. The molecule has 1 aromatic rings. The number of hydrogen-bond donors (Lipinski definition) is 2. The van der Waals surface area contributed by atoms with Crippen molar-refractivity contribution in [3.63, 3.8) is 0 Å². The van der Waals surface area contributed by atoms with Crippen molar-refractivity contribution in [2.45, 2.75) is 32.1 Å². The molecule has 0 heterocycles. The van der Waals surface area contributed by atoms with Crippen molar-refractivity contribution >= 4 is 21.6 Å². The topological polar surface area (TPSA) is 98.5 Å². The van der Waals surface area contributed by atoms with E-state index in [1.807, 2.05) is 20.8 Å². The number of nitrogens with two attached hydrogens (primary N) is 1. The summed E-state index contributed by atoms with van der Waals surface area (Å²) in [4.78, 5) is 11.6. The van der Waals surface area contributed by atoms with E-state index in [0.717, 1.165) is 0 Å². The Kier molecular flexibility index (Phi) is 5.27. The largest absolute Gasteiger partial charge is 0.366 e. The lowest BCUT2D eigenvalue weighted by molar-refractivity contribution is -0.125. The molecule has 3 N–H and O–H groups in total. The maximum atomic E-state index is 11.6. The summed E-state index contributed by atoms with van der Waals surface area (Å²) >= 11 is 0. The van der Waals surface area contributed by atoms with E-state index in [1.54, 1.807) is 24.3 Å². The maximum absolute atomic E-state index is 11.6. The second kappa shape index (κ2) is 6.34. The summed E-state index contributed by atoms with van der Waals surface area (Å²) in [6, 6.07) is 6.44. The van der Waals surface area contributed by atoms with Crippen LogP contribution in [-0.4, -0.2) is 26.5 Å². The van der Waals surface area contributed by atoms with E-state index in [0.29, 0.717) is 11.3 Å². The predicted octanol–water partition coefficient (Wildman–Crippen LogP) is 1.23. The van der Waals surface area contributed by atoms with E-state index < -0.39 is 10.0 Å². The van der Waals surface area contributed by atoms with Crippen LogP contribution in [0.15, 0.2) is 24.3 Å². The summed E-state index contributed by atoms with van der Waals surface area (Å²) < 4.78 is 27.2. The van der Waals surface area contributed by atoms with Crippen molar-refractivity contribution in [2.24, 2.45) is 5.14 Å². The first-order chi connectivity index (χ1) is 9.05. The molecule has 0 radical (unpaired) electrons. The number of sulfonamides is 1. The first-order valence-corrected chi connectivity index (χ1v) is 7.80. The summed E-state index contributed by atoms with van der Waals surface area (Å²) in [6.45, 7) is 5.55. The Labute approximate surface area is 119 Å². The Morgan fingerprint density at radius 3 is 2.25 bits per heavy atom. The third-order valence-corrected chi connectivity index (χ3v) is 2.98. The highest BCUT2D eigenvalue weighted by molar-refractivity contribution is 7.88. The Balaban J connectivity index is 2.55. The second-order valence-corrected chi connectivity index (χ2v) is 7.07. The fourth-order valence-corrected chi connectivity index (χ4v) is 2.05. The molecular weight excluding hydrogens is 280 g/mol. The highest BCUT2D eigenvalue weighted by Crippen LogP contribution is 2.12. The number of carbonyl (C=O) groups excluding carboxylic acids is 1. The van der Waals surface area contributed by atoms with Gasteiger partial charge in [0.15, 0.2) is 0 Å². The summed E-state index contributed by atoms with van der Waals surface area (Å²) in [5, 5.41) is 7.61. The zero-order valence-corrected chi connectivity index (χ0v) is 12.7. The highest BCUT2D eigenvalue weighted by atomic mass is 32.2. The van der Waals surface area contributed by atoms with Crippen LogP contribution in [0.5, 0.6) is 0 Å². The van der Waals surface area contributed by atoms with Crippen molar-refractivity contribution < 1.29 is 17.9 Å². The minimum atomic E-state index is -3.55. The number of nitrogens with one attached hydrogen (secondary N) is 1. The molecule has 0 aliphatic carbocycles. The Morgan fingerprint density at radius 2 is 1.80 bits per heavy atom. The smallest absolute Gasteiger partial charge is 0.250 e. The van der Waals surface area contributed by atoms with Crippen molar-refractivity contribution in [3.05, 3.63) is 29.8 Å². The van der Waals surface area contributed by atoms with Gasteiger partial charge in [0.2, 0.25) is 15.9 Å². The van der Waals surface area contributed by atoms with E-state index in [9.17, 15) is 13.2 Å². The van der Waals surface area contributed by atoms with Gasteiger partial charge in [-0.05, 0) is 38.5 Å². The van der Waals surface area contributed by atoms with E-state index in [4.69, 9.17) is 9.88 Å². The number of ether oxygens (including phenoxy) is 1. The molecule has 0 bridgehead atoms. The normalized spacial score (nSPS) is 12.2. The van der Waals surface area contributed by atoms with Gasteiger partial charge in [-0.25, -0.2) is 13.6 Å². The predicted molar refractivity (Wildman–Crippen MR) is 77.6 cm³/mol. The average molecular weight is 300 g/mol. The summed E-state index contributed by atoms with van der Waals surface area (Å²) in [5.41, 5.74) is 0.763. The molecule has 6 nitrogen and oxygen atoms in total. The molecule has 112 valence electrons. The van der Waals surface area contributed by atoms with Gasteiger partial charge in [-0.1, -0.05) is 12.1 Å². The van der Waals surface area contributed by atoms with Crippen molar-refractivity contribution in [1.29, 1.82) is 0 Å². The third kappa shape index (κ3) is 7.22. The molecule has 0 saturated heterocycles. The van der Waals surface area contributed by atoms with Crippen LogP contribution < -0.4 is 10.5 Å². The van der Waals surface area contributed by atoms with Gasteiger partial charge in [-0.2, -0.15) is 0 Å². The number of rotatable bonds is 5. The van der Waals surface area contributed by atoms with Gasteiger partial charge in [0, 0.05) is 5.69 Å². The highest BCUT2D eigenvalue weighted by Gasteiger charge is 2.13. The van der Waals surface area contributed by atoms with Crippen LogP contribution in [-0.2, 0) is 25.3 Å². The first kappa shape index (κ1) is 16.6. The van der Waals surface area contributed by atoms with Crippen LogP contribution in [0.25, 0.3) is 0 Å². The minimum absolute atomic E-state index is 0.0393. The quantitative estimate of drug-likeness (QED) is 0.854. The van der Waals surface area contributed by atoms with Crippen LogP contribution in [0.2, 0.25) is 0 Å². The van der Waals surface area contributed by atoms with Gasteiger partial charge < -0.3 is 10.1 Å². The van der Waals surface area contributed by atoms with Crippen LogP contribution >= 0.6 is 0 Å². The lowest BCUT2D eigenvalue weighted by Gasteiger charge is -2.19. The fraction of sp³-hybridized carbons (Fsp3) is 0.462. The van der Waals surface area contributed by atoms with Crippen LogP contribution in [0.1, 0.15) is 26.3 Å². The van der Waals surface area contributed by atoms with E-state index in [2.05, 4.69) is 5.32 Å². The van der Waals surface area contributed by atoms with Crippen LogP contribution in [0.3, 0.4) is 0 Å². The molecule has 0 unspecified atom stereocenters. The number of amides is 1. The van der Waals surface area contributed by atoms with Crippen molar-refractivity contribution in [2.75, 3.05) is 11.9 Å². The first-order valence-electron chi connectivity index (χ1n) is 6.08. The summed E-state index contributed by atoms with van der Waals surface area (Å²) in [7, 11) is -3.55. The average Bonchev–Trinajstić information content (AvgIpc) is 2.26. The molecule has 7 heteroatoms. The van der Waals surface area contributed by atoms with Gasteiger partial charge in [0.1, 0.15) is 6.61 Å². The molecule has 1 aromatic carbocycles. The second-order valence-electron chi connectivity index (χ2n) is 5.45. The Morgan fingerprint density at radius 1 is 1.25 bits per heavy atom. The number of anilines is 1. The zero-order chi connectivity index (χ0) is 15.4. The van der Waals surface area contributed by atoms with Crippen LogP contribution in [0, 0.1) is 0 Å². The van der Waals surface area contributed by atoms with Gasteiger partial charge >= 0.3 is 0 Å². The van der Waals surface area contributed by atoms with Crippen molar-refractivity contribution in [1.82, 2.24) is 0 Å². The molecule has 20 heavy (non-hydrogen) atoms. The van der Waals surface area contributed by atoms with Gasteiger partial charge in [-0.15, -0.1) is 0 Å². The van der Waals surface area contributed by atoms with Gasteiger partial charge in [0.25, 0.3) is 0 Å². The SMILES string of the molecule is CC(C)(C)OCC(=O)Nc1ccc(CS(N)(=O)=O)cc1. The number of benzene rings is 1. The van der Waals surface area contributed by atoms with Crippen molar-refractivity contribution in [3.8, 4) is 0 Å². The standard InChI is InChI=1S/C13H20N2O4S/c1-13(2,3)19-8-12(16)15-11-6-4-10(5-7-11)9-20(14,17)18/h4-7H,8-9H2,1-3H3,(H,15,16)(H2,14,17,18). The molecule has 1 amide bonds. The number of primary sulfonamides is 1. The number of carbonyl (C=O) groups is 1. The maximum Gasteiger partial charge on any atom is 0.250 e. The molecule has 0 spiro atoms. The molecular formula is C13H20N2O4S. The summed E-state index contributed by atoms with van der Waals surface area (Å²) in [5.74, 6) is -0.493.